The van der Waals surface area contributed by atoms with Gasteiger partial charge in [0.25, 0.3) is 6.92 Å². The van der Waals surface area contributed by atoms with Gasteiger partial charge in [0.05, 0.1) is 0 Å². The summed E-state index contributed by atoms with van der Waals surface area (Å²) >= 11 is 0. The zero-order valence-electron chi connectivity index (χ0n) is 7.10. The van der Waals surface area contributed by atoms with Gasteiger partial charge in [0, 0.05) is 6.10 Å². The molecule has 0 radical (unpaired) electrons. The van der Waals surface area contributed by atoms with E-state index in [9.17, 15) is 0 Å². The largest absolute Gasteiger partial charge is 0.434 e. The van der Waals surface area contributed by atoms with Crippen molar-refractivity contribution in [2.24, 2.45) is 0 Å². The molecule has 0 aliphatic heterocycles. The highest BCUT2D eigenvalue weighted by Gasteiger charge is 2.15. The molecule has 0 aromatic heterocycles. The molecule has 1 aliphatic carbocycles. The average Bonchev–Trinajstić information content (AvgIpc) is 1.88. The first kappa shape index (κ1) is 8.12. The second-order valence-corrected chi connectivity index (χ2v) is 3.44. The molecule has 0 amide bonds. The van der Waals surface area contributed by atoms with Gasteiger partial charge >= 0.3 is 0 Å². The van der Waals surface area contributed by atoms with Crippen molar-refractivity contribution < 1.29 is 4.65 Å². The highest BCUT2D eigenvalue weighted by atomic mass is 16.4. The summed E-state index contributed by atoms with van der Waals surface area (Å²) in [5.41, 5.74) is 0. The fourth-order valence-corrected chi connectivity index (χ4v) is 1.59. The van der Waals surface area contributed by atoms with Crippen molar-refractivity contribution in [1.82, 2.24) is 0 Å². The minimum Gasteiger partial charge on any atom is -0.434 e. The van der Waals surface area contributed by atoms with Crippen LogP contribution in [0.25, 0.3) is 0 Å². The van der Waals surface area contributed by atoms with Gasteiger partial charge in [0.1, 0.15) is 0 Å². The summed E-state index contributed by atoms with van der Waals surface area (Å²) in [5.74, 6) is 0. The van der Waals surface area contributed by atoms with E-state index >= 15 is 0 Å². The van der Waals surface area contributed by atoms with E-state index in [0.29, 0.717) is 13.0 Å². The molecule has 0 unspecified atom stereocenters. The Kier molecular flexibility index (Phi) is 3.27. The third kappa shape index (κ3) is 2.74. The van der Waals surface area contributed by atoms with Gasteiger partial charge < -0.3 is 4.65 Å². The van der Waals surface area contributed by atoms with Crippen molar-refractivity contribution in [2.45, 2.75) is 51.9 Å². The summed E-state index contributed by atoms with van der Waals surface area (Å²) in [6.07, 6.45) is 7.32. The van der Waals surface area contributed by atoms with E-state index in [0.717, 1.165) is 0 Å². The maximum absolute atomic E-state index is 5.69. The molecular weight excluding hydrogens is 123 g/mol. The zero-order chi connectivity index (χ0) is 7.40. The van der Waals surface area contributed by atoms with E-state index in [1.807, 2.05) is 0 Å². The Bertz CT molecular complexity index is 87.3. The van der Waals surface area contributed by atoms with Crippen molar-refractivity contribution in [1.29, 1.82) is 0 Å². The summed E-state index contributed by atoms with van der Waals surface area (Å²) in [7, 11) is 0. The van der Waals surface area contributed by atoms with Gasteiger partial charge in [-0.3, -0.25) is 0 Å². The molecule has 1 aliphatic rings. The van der Waals surface area contributed by atoms with Gasteiger partial charge in [-0.05, 0) is 12.8 Å². The smallest absolute Gasteiger partial charge is 0.287 e. The normalized spacial score (nSPS) is 21.0. The van der Waals surface area contributed by atoms with Crippen LogP contribution < -0.4 is 0 Å². The molecule has 1 rings (SSSR count). The first-order valence-electron chi connectivity index (χ1n) is 4.44. The Hall–Kier alpha value is 0.0249. The highest BCUT2D eigenvalue weighted by molar-refractivity contribution is 6.48. The third-order valence-corrected chi connectivity index (χ3v) is 2.02. The Balaban J connectivity index is 2.13. The lowest BCUT2D eigenvalue weighted by molar-refractivity contribution is 0.156. The van der Waals surface area contributed by atoms with Gasteiger partial charge in [0.2, 0.25) is 0 Å². The summed E-state index contributed by atoms with van der Waals surface area (Å²) in [5, 5.41) is 0. The van der Waals surface area contributed by atoms with E-state index < -0.39 is 0 Å². The first-order chi connectivity index (χ1) is 4.79. The van der Waals surface area contributed by atoms with E-state index in [4.69, 9.17) is 4.65 Å². The van der Waals surface area contributed by atoms with Crippen LogP contribution in [0.1, 0.15) is 32.1 Å². The quantitative estimate of drug-likeness (QED) is 0.535. The van der Waals surface area contributed by atoms with Gasteiger partial charge in [0.15, 0.2) is 0 Å². The molecule has 1 saturated carbocycles. The number of hydrogen-bond acceptors (Lipinski definition) is 1. The van der Waals surface area contributed by atoms with E-state index in [2.05, 4.69) is 13.6 Å². The van der Waals surface area contributed by atoms with Crippen molar-refractivity contribution in [2.75, 3.05) is 0 Å². The van der Waals surface area contributed by atoms with Crippen LogP contribution in [0.15, 0.2) is 0 Å². The summed E-state index contributed by atoms with van der Waals surface area (Å²) in [6, 6.07) is 0. The van der Waals surface area contributed by atoms with Crippen LogP contribution in [0.3, 0.4) is 0 Å². The van der Waals surface area contributed by atoms with Crippen molar-refractivity contribution in [3.8, 4) is 0 Å². The predicted molar refractivity (Wildman–Crippen MR) is 45.4 cm³/mol. The van der Waals surface area contributed by atoms with Gasteiger partial charge in [-0.1, -0.05) is 32.9 Å². The Labute approximate surface area is 64.3 Å². The molecule has 58 valence electrons. The molecule has 0 atom stereocenters. The molecule has 0 bridgehead atoms. The summed E-state index contributed by atoms with van der Waals surface area (Å²) < 4.78 is 5.69. The van der Waals surface area contributed by atoms with E-state index in [-0.39, 0.29) is 0 Å². The summed E-state index contributed by atoms with van der Waals surface area (Å²) in [4.78, 5) is 0. The molecule has 0 aromatic carbocycles. The van der Waals surface area contributed by atoms with Crippen LogP contribution in [-0.2, 0) is 4.65 Å². The Morgan fingerprint density at radius 2 is 1.70 bits per heavy atom. The molecule has 0 spiro atoms. The van der Waals surface area contributed by atoms with Gasteiger partial charge in [-0.2, -0.15) is 0 Å². The molecule has 0 aromatic rings. The van der Waals surface area contributed by atoms with Crippen LogP contribution in [0.2, 0.25) is 13.6 Å². The van der Waals surface area contributed by atoms with Crippen molar-refractivity contribution >= 4 is 6.92 Å². The Morgan fingerprint density at radius 1 is 1.10 bits per heavy atom. The van der Waals surface area contributed by atoms with Crippen LogP contribution in [-0.4, -0.2) is 13.0 Å². The fourth-order valence-electron chi connectivity index (χ4n) is 1.59. The second-order valence-electron chi connectivity index (χ2n) is 3.44. The number of hydrogen-bond donors (Lipinski definition) is 0. The topological polar surface area (TPSA) is 9.23 Å². The standard InChI is InChI=1S/C8H17BO/c1-9(2)10-8-6-4-3-5-7-8/h8H,3-7H2,1-2H3. The van der Waals surface area contributed by atoms with Gasteiger partial charge in [-0.25, -0.2) is 0 Å². The minimum atomic E-state index is 0.420. The van der Waals surface area contributed by atoms with Gasteiger partial charge in [-0.15, -0.1) is 0 Å². The lowest BCUT2D eigenvalue weighted by Gasteiger charge is -2.23. The predicted octanol–water partition coefficient (Wildman–Crippen LogP) is 2.59. The fraction of sp³-hybridized carbons (Fsp3) is 1.00. The molecule has 0 saturated heterocycles. The molecule has 0 N–H and O–H groups in total. The van der Waals surface area contributed by atoms with Crippen molar-refractivity contribution in [3.63, 3.8) is 0 Å². The highest BCUT2D eigenvalue weighted by Crippen LogP contribution is 2.20. The maximum Gasteiger partial charge on any atom is 0.287 e. The Morgan fingerprint density at radius 3 is 2.20 bits per heavy atom. The molecule has 1 nitrogen and oxygen atoms in total. The number of rotatable bonds is 2. The lowest BCUT2D eigenvalue weighted by atomic mass is 9.74. The molecule has 1 fully saturated rings. The monoisotopic (exact) mass is 140 g/mol. The summed E-state index contributed by atoms with van der Waals surface area (Å²) in [6.45, 7) is 4.66. The maximum atomic E-state index is 5.69. The van der Waals surface area contributed by atoms with Crippen molar-refractivity contribution in [3.05, 3.63) is 0 Å². The van der Waals surface area contributed by atoms with Crippen LogP contribution in [0.4, 0.5) is 0 Å². The van der Waals surface area contributed by atoms with Crippen LogP contribution in [0, 0.1) is 0 Å². The lowest BCUT2D eigenvalue weighted by Crippen LogP contribution is -2.22. The molecular formula is C8H17BO. The van der Waals surface area contributed by atoms with E-state index in [1.165, 1.54) is 32.1 Å². The van der Waals surface area contributed by atoms with Crippen LogP contribution >= 0.6 is 0 Å². The van der Waals surface area contributed by atoms with E-state index in [1.54, 1.807) is 0 Å². The first-order valence-corrected chi connectivity index (χ1v) is 4.44. The average molecular weight is 140 g/mol. The minimum absolute atomic E-state index is 0.420. The third-order valence-electron chi connectivity index (χ3n) is 2.02. The van der Waals surface area contributed by atoms with Crippen LogP contribution in [0.5, 0.6) is 0 Å². The molecule has 10 heavy (non-hydrogen) atoms. The second kappa shape index (κ2) is 4.02. The SMILES string of the molecule is CB(C)OC1CCCCC1. The molecule has 0 heterocycles. The molecule has 2 heteroatoms. The zero-order valence-corrected chi connectivity index (χ0v) is 7.10.